The minimum atomic E-state index is -0.00821. The van der Waals surface area contributed by atoms with Crippen LogP contribution in [0.4, 0.5) is 0 Å². The molecule has 0 saturated heterocycles. The van der Waals surface area contributed by atoms with Crippen molar-refractivity contribution in [3.63, 3.8) is 0 Å². The second-order valence-electron chi connectivity index (χ2n) is 6.30. The minimum absolute atomic E-state index is 0.00821. The molecule has 0 saturated carbocycles. The van der Waals surface area contributed by atoms with Crippen LogP contribution in [0.5, 0.6) is 0 Å². The second-order valence-corrected chi connectivity index (χ2v) is 6.30. The largest absolute Gasteiger partial charge is 0.419 e. The number of hydrogen-bond donors (Lipinski definition) is 1. The number of nitrogens with one attached hydrogen (secondary N) is 1. The number of rotatable bonds is 4. The average Bonchev–Trinajstić information content (AvgIpc) is 3.24. The standard InChI is InChI=1S/C17H20N6O/c1-11-4-3-5-13(8-11)17-22-21-16(24-17)12(2)20-14-6-7-15-18-10-19-23(15)9-14/h3-5,8,10,12,14,20H,6-7,9H2,1-2H3/t12-,14-/m0/s1. The number of aryl methyl sites for hydroxylation is 2. The predicted octanol–water partition coefficient (Wildman–Crippen LogP) is 2.30. The quantitative estimate of drug-likeness (QED) is 0.793. The minimum Gasteiger partial charge on any atom is -0.419 e. The van der Waals surface area contributed by atoms with Crippen LogP contribution in [0.1, 0.15) is 36.7 Å². The Bertz CT molecular complexity index is 839. The SMILES string of the molecule is Cc1cccc(-c2nnc([C@H](C)N[C@H]3CCc4ncnn4C3)o2)c1. The van der Waals surface area contributed by atoms with Crippen LogP contribution in [-0.2, 0) is 13.0 Å². The third-order valence-corrected chi connectivity index (χ3v) is 4.37. The van der Waals surface area contributed by atoms with Crippen molar-refractivity contribution in [2.24, 2.45) is 0 Å². The van der Waals surface area contributed by atoms with Gasteiger partial charge in [0.2, 0.25) is 11.8 Å². The van der Waals surface area contributed by atoms with Crippen LogP contribution in [0.25, 0.3) is 11.5 Å². The van der Waals surface area contributed by atoms with Crippen LogP contribution in [0, 0.1) is 6.92 Å². The van der Waals surface area contributed by atoms with Crippen LogP contribution < -0.4 is 5.32 Å². The summed E-state index contributed by atoms with van der Waals surface area (Å²) >= 11 is 0. The summed E-state index contributed by atoms with van der Waals surface area (Å²) in [6, 6.07) is 8.38. The molecule has 0 amide bonds. The number of fused-ring (bicyclic) bond motifs is 1. The highest BCUT2D eigenvalue weighted by molar-refractivity contribution is 5.53. The van der Waals surface area contributed by atoms with Crippen molar-refractivity contribution in [1.29, 1.82) is 0 Å². The van der Waals surface area contributed by atoms with Gasteiger partial charge in [-0.15, -0.1) is 10.2 Å². The monoisotopic (exact) mass is 324 g/mol. The first-order valence-electron chi connectivity index (χ1n) is 8.22. The Morgan fingerprint density at radius 1 is 1.33 bits per heavy atom. The molecule has 0 fully saturated rings. The summed E-state index contributed by atoms with van der Waals surface area (Å²) in [6.07, 6.45) is 3.58. The molecule has 124 valence electrons. The summed E-state index contributed by atoms with van der Waals surface area (Å²) in [5, 5.41) is 16.2. The van der Waals surface area contributed by atoms with E-state index in [0.29, 0.717) is 17.8 Å². The molecule has 0 bridgehead atoms. The first-order valence-corrected chi connectivity index (χ1v) is 8.22. The van der Waals surface area contributed by atoms with Crippen molar-refractivity contribution < 1.29 is 4.42 Å². The van der Waals surface area contributed by atoms with Gasteiger partial charge >= 0.3 is 0 Å². The van der Waals surface area contributed by atoms with E-state index in [1.165, 1.54) is 5.56 Å². The van der Waals surface area contributed by atoms with Gasteiger partial charge in [-0.05, 0) is 32.4 Å². The molecule has 0 aliphatic carbocycles. The lowest BCUT2D eigenvalue weighted by molar-refractivity contribution is 0.310. The van der Waals surface area contributed by atoms with Crippen LogP contribution in [0.3, 0.4) is 0 Å². The van der Waals surface area contributed by atoms with Gasteiger partial charge in [-0.25, -0.2) is 9.67 Å². The topological polar surface area (TPSA) is 81.7 Å². The number of nitrogens with zero attached hydrogens (tertiary/aromatic N) is 5. The van der Waals surface area contributed by atoms with Crippen molar-refractivity contribution in [3.8, 4) is 11.5 Å². The third kappa shape index (κ3) is 2.94. The van der Waals surface area contributed by atoms with E-state index in [1.54, 1.807) is 6.33 Å². The van der Waals surface area contributed by atoms with E-state index in [9.17, 15) is 0 Å². The van der Waals surface area contributed by atoms with Crippen molar-refractivity contribution in [2.45, 2.75) is 45.3 Å². The predicted molar refractivity (Wildman–Crippen MR) is 88.2 cm³/mol. The lowest BCUT2D eigenvalue weighted by Crippen LogP contribution is -2.39. The van der Waals surface area contributed by atoms with E-state index in [0.717, 1.165) is 30.8 Å². The van der Waals surface area contributed by atoms with Crippen molar-refractivity contribution in [1.82, 2.24) is 30.3 Å². The van der Waals surface area contributed by atoms with E-state index < -0.39 is 0 Å². The smallest absolute Gasteiger partial charge is 0.247 e. The Kier molecular flexibility index (Phi) is 3.86. The number of benzene rings is 1. The molecular weight excluding hydrogens is 304 g/mol. The molecule has 0 radical (unpaired) electrons. The fraction of sp³-hybridized carbons (Fsp3) is 0.412. The maximum absolute atomic E-state index is 5.86. The molecule has 0 unspecified atom stereocenters. The van der Waals surface area contributed by atoms with Gasteiger partial charge in [0, 0.05) is 18.0 Å². The van der Waals surface area contributed by atoms with Gasteiger partial charge in [0.15, 0.2) is 0 Å². The van der Waals surface area contributed by atoms with Crippen LogP contribution in [-0.4, -0.2) is 31.0 Å². The lowest BCUT2D eigenvalue weighted by Gasteiger charge is -2.25. The van der Waals surface area contributed by atoms with Crippen molar-refractivity contribution in [3.05, 3.63) is 47.9 Å². The molecule has 2 atom stereocenters. The van der Waals surface area contributed by atoms with Gasteiger partial charge < -0.3 is 9.73 Å². The molecule has 2 aromatic heterocycles. The zero-order valence-corrected chi connectivity index (χ0v) is 13.8. The highest BCUT2D eigenvalue weighted by Gasteiger charge is 2.23. The molecule has 1 N–H and O–H groups in total. The van der Waals surface area contributed by atoms with Crippen LogP contribution >= 0.6 is 0 Å². The average molecular weight is 324 g/mol. The Morgan fingerprint density at radius 2 is 2.25 bits per heavy atom. The number of hydrogen-bond acceptors (Lipinski definition) is 6. The molecule has 1 aliphatic heterocycles. The molecule has 7 heteroatoms. The fourth-order valence-electron chi connectivity index (χ4n) is 3.10. The fourth-order valence-corrected chi connectivity index (χ4v) is 3.10. The van der Waals surface area contributed by atoms with Gasteiger partial charge in [0.1, 0.15) is 12.2 Å². The van der Waals surface area contributed by atoms with Crippen LogP contribution in [0.2, 0.25) is 0 Å². The van der Waals surface area contributed by atoms with Crippen LogP contribution in [0.15, 0.2) is 35.0 Å². The van der Waals surface area contributed by atoms with Crippen molar-refractivity contribution in [2.75, 3.05) is 0 Å². The summed E-state index contributed by atoms with van der Waals surface area (Å²) in [5.41, 5.74) is 2.12. The lowest BCUT2D eigenvalue weighted by atomic mass is 10.1. The Labute approximate surface area is 140 Å². The normalized spacial score (nSPS) is 18.3. The summed E-state index contributed by atoms with van der Waals surface area (Å²) in [6.45, 7) is 4.91. The van der Waals surface area contributed by atoms with Crippen molar-refractivity contribution >= 4 is 0 Å². The zero-order chi connectivity index (χ0) is 16.5. The Hall–Kier alpha value is -2.54. The van der Waals surface area contributed by atoms with Gasteiger partial charge in [-0.3, -0.25) is 0 Å². The maximum Gasteiger partial charge on any atom is 0.247 e. The summed E-state index contributed by atoms with van der Waals surface area (Å²) in [4.78, 5) is 4.26. The molecule has 24 heavy (non-hydrogen) atoms. The molecule has 1 aromatic carbocycles. The molecule has 1 aliphatic rings. The summed E-state index contributed by atoms with van der Waals surface area (Å²) < 4.78 is 7.82. The molecule has 4 rings (SSSR count). The summed E-state index contributed by atoms with van der Waals surface area (Å²) in [5.74, 6) is 2.22. The van der Waals surface area contributed by atoms with E-state index in [2.05, 4.69) is 25.6 Å². The van der Waals surface area contributed by atoms with E-state index in [1.807, 2.05) is 42.8 Å². The Balaban J connectivity index is 1.45. The second kappa shape index (κ2) is 6.16. The molecular formula is C17H20N6O. The van der Waals surface area contributed by atoms with Gasteiger partial charge in [0.25, 0.3) is 0 Å². The summed E-state index contributed by atoms with van der Waals surface area (Å²) in [7, 11) is 0. The number of aromatic nitrogens is 5. The maximum atomic E-state index is 5.86. The van der Waals surface area contributed by atoms with E-state index in [-0.39, 0.29) is 6.04 Å². The first kappa shape index (κ1) is 15.0. The van der Waals surface area contributed by atoms with Gasteiger partial charge in [-0.1, -0.05) is 17.7 Å². The molecule has 3 heterocycles. The molecule has 3 aromatic rings. The van der Waals surface area contributed by atoms with E-state index >= 15 is 0 Å². The first-order chi connectivity index (χ1) is 11.7. The Morgan fingerprint density at radius 3 is 3.12 bits per heavy atom. The zero-order valence-electron chi connectivity index (χ0n) is 13.8. The van der Waals surface area contributed by atoms with Gasteiger partial charge in [-0.2, -0.15) is 5.10 Å². The molecule has 0 spiro atoms. The van der Waals surface area contributed by atoms with Gasteiger partial charge in [0.05, 0.1) is 12.6 Å². The van der Waals surface area contributed by atoms with E-state index in [4.69, 9.17) is 4.42 Å². The molecule has 7 nitrogen and oxygen atoms in total. The highest BCUT2D eigenvalue weighted by Crippen LogP contribution is 2.22. The highest BCUT2D eigenvalue weighted by atomic mass is 16.4. The third-order valence-electron chi connectivity index (χ3n) is 4.37.